The van der Waals surface area contributed by atoms with Crippen molar-refractivity contribution in [2.75, 3.05) is 0 Å². The number of aryl methyl sites for hydroxylation is 1. The fraction of sp³-hybridized carbons (Fsp3) is 0.625. The van der Waals surface area contributed by atoms with E-state index in [0.29, 0.717) is 0 Å². The fourth-order valence-electron chi connectivity index (χ4n) is 1.81. The standard InChI is InChI=1S/C16H26/c1-6-13(2)10-11-14-8-7-9-15(12-14)16(3,4)5/h7-9,12-13H,6,10-11H2,1-5H3. The van der Waals surface area contributed by atoms with Crippen LogP contribution in [0.2, 0.25) is 0 Å². The quantitative estimate of drug-likeness (QED) is 0.670. The third-order valence-corrected chi connectivity index (χ3v) is 3.42. The zero-order valence-corrected chi connectivity index (χ0v) is 11.5. The van der Waals surface area contributed by atoms with Gasteiger partial charge in [0.25, 0.3) is 0 Å². The van der Waals surface area contributed by atoms with Gasteiger partial charge in [-0.2, -0.15) is 0 Å². The van der Waals surface area contributed by atoms with Crippen molar-refractivity contribution in [1.29, 1.82) is 0 Å². The Kier molecular flexibility index (Phi) is 4.58. The summed E-state index contributed by atoms with van der Waals surface area (Å²) in [6.07, 6.45) is 3.82. The molecule has 0 radical (unpaired) electrons. The lowest BCUT2D eigenvalue weighted by molar-refractivity contribution is 0.515. The van der Waals surface area contributed by atoms with Crippen LogP contribution in [0.1, 0.15) is 58.6 Å². The van der Waals surface area contributed by atoms with Gasteiger partial charge in [-0.3, -0.25) is 0 Å². The molecule has 0 aliphatic heterocycles. The maximum absolute atomic E-state index is 2.38. The molecule has 0 aliphatic rings. The molecule has 1 aromatic carbocycles. The molecule has 0 bridgehead atoms. The average molecular weight is 218 g/mol. The Balaban J connectivity index is 2.68. The van der Waals surface area contributed by atoms with Crippen molar-refractivity contribution in [2.45, 2.75) is 59.3 Å². The minimum absolute atomic E-state index is 0.270. The van der Waals surface area contributed by atoms with E-state index in [1.807, 2.05) is 0 Å². The first-order valence-electron chi connectivity index (χ1n) is 6.53. The number of hydrogen-bond acceptors (Lipinski definition) is 0. The molecule has 0 amide bonds. The Morgan fingerprint density at radius 2 is 1.88 bits per heavy atom. The summed E-state index contributed by atoms with van der Waals surface area (Å²) in [5.74, 6) is 0.846. The molecule has 0 spiro atoms. The third kappa shape index (κ3) is 4.00. The Labute approximate surface area is 101 Å². The summed E-state index contributed by atoms with van der Waals surface area (Å²) in [6.45, 7) is 11.5. The zero-order chi connectivity index (χ0) is 12.2. The van der Waals surface area contributed by atoms with Crippen molar-refractivity contribution in [2.24, 2.45) is 5.92 Å². The summed E-state index contributed by atoms with van der Waals surface area (Å²) in [5, 5.41) is 0. The molecule has 0 saturated heterocycles. The van der Waals surface area contributed by atoms with E-state index >= 15 is 0 Å². The summed E-state index contributed by atoms with van der Waals surface area (Å²) in [6, 6.07) is 9.08. The lowest BCUT2D eigenvalue weighted by Gasteiger charge is -2.20. The van der Waals surface area contributed by atoms with Gasteiger partial charge in [0.1, 0.15) is 0 Å². The molecule has 0 aliphatic carbocycles. The lowest BCUT2D eigenvalue weighted by atomic mass is 9.85. The second-order valence-electron chi connectivity index (χ2n) is 6.00. The summed E-state index contributed by atoms with van der Waals surface area (Å²) < 4.78 is 0. The van der Waals surface area contributed by atoms with Gasteiger partial charge in [0.2, 0.25) is 0 Å². The average Bonchev–Trinajstić information content (AvgIpc) is 2.25. The predicted molar refractivity (Wildman–Crippen MR) is 72.9 cm³/mol. The smallest absolute Gasteiger partial charge is 0.0132 e. The van der Waals surface area contributed by atoms with Crippen LogP contribution in [0.5, 0.6) is 0 Å². The molecule has 0 nitrogen and oxygen atoms in total. The molecule has 1 rings (SSSR count). The van der Waals surface area contributed by atoms with E-state index in [0.717, 1.165) is 5.92 Å². The number of benzene rings is 1. The molecule has 1 unspecified atom stereocenters. The third-order valence-electron chi connectivity index (χ3n) is 3.42. The normalized spacial score (nSPS) is 13.8. The van der Waals surface area contributed by atoms with Gasteiger partial charge in [0.05, 0.1) is 0 Å². The Morgan fingerprint density at radius 3 is 2.44 bits per heavy atom. The van der Waals surface area contributed by atoms with E-state index in [1.54, 1.807) is 0 Å². The monoisotopic (exact) mass is 218 g/mol. The fourth-order valence-corrected chi connectivity index (χ4v) is 1.81. The van der Waals surface area contributed by atoms with Gasteiger partial charge in [0.15, 0.2) is 0 Å². The topological polar surface area (TPSA) is 0 Å². The Bertz CT molecular complexity index is 317. The van der Waals surface area contributed by atoms with Gasteiger partial charge < -0.3 is 0 Å². The molecule has 0 fully saturated rings. The van der Waals surface area contributed by atoms with E-state index in [4.69, 9.17) is 0 Å². The van der Waals surface area contributed by atoms with Crippen LogP contribution >= 0.6 is 0 Å². The minimum Gasteiger partial charge on any atom is -0.0651 e. The van der Waals surface area contributed by atoms with Gasteiger partial charge in [-0.1, -0.05) is 65.3 Å². The van der Waals surface area contributed by atoms with Gasteiger partial charge in [0, 0.05) is 0 Å². The van der Waals surface area contributed by atoms with E-state index in [2.05, 4.69) is 58.9 Å². The molecule has 1 aromatic rings. The van der Waals surface area contributed by atoms with Crippen LogP contribution in [0.25, 0.3) is 0 Å². The summed E-state index contributed by atoms with van der Waals surface area (Å²) in [5.41, 5.74) is 3.22. The summed E-state index contributed by atoms with van der Waals surface area (Å²) >= 11 is 0. The first-order valence-corrected chi connectivity index (χ1v) is 6.53. The first kappa shape index (κ1) is 13.3. The van der Waals surface area contributed by atoms with Crippen molar-refractivity contribution in [3.63, 3.8) is 0 Å². The molecule has 16 heavy (non-hydrogen) atoms. The van der Waals surface area contributed by atoms with Crippen LogP contribution in [-0.4, -0.2) is 0 Å². The highest BCUT2D eigenvalue weighted by Crippen LogP contribution is 2.23. The van der Waals surface area contributed by atoms with Crippen LogP contribution in [0.3, 0.4) is 0 Å². The second-order valence-corrected chi connectivity index (χ2v) is 6.00. The van der Waals surface area contributed by atoms with Crippen LogP contribution < -0.4 is 0 Å². The molecule has 90 valence electrons. The van der Waals surface area contributed by atoms with Gasteiger partial charge in [-0.25, -0.2) is 0 Å². The summed E-state index contributed by atoms with van der Waals surface area (Å²) in [4.78, 5) is 0. The Morgan fingerprint density at radius 1 is 1.19 bits per heavy atom. The van der Waals surface area contributed by atoms with Gasteiger partial charge in [-0.15, -0.1) is 0 Å². The highest BCUT2D eigenvalue weighted by molar-refractivity contribution is 5.28. The number of hydrogen-bond donors (Lipinski definition) is 0. The molecule has 0 heteroatoms. The first-order chi connectivity index (χ1) is 7.43. The molecule has 0 N–H and O–H groups in total. The number of rotatable bonds is 4. The SMILES string of the molecule is CCC(C)CCc1cccc(C(C)(C)C)c1. The molecule has 0 aromatic heterocycles. The van der Waals surface area contributed by atoms with Crippen molar-refractivity contribution in [1.82, 2.24) is 0 Å². The van der Waals surface area contributed by atoms with Crippen molar-refractivity contribution >= 4 is 0 Å². The Hall–Kier alpha value is -0.780. The maximum atomic E-state index is 2.38. The van der Waals surface area contributed by atoms with E-state index in [-0.39, 0.29) is 5.41 Å². The van der Waals surface area contributed by atoms with E-state index in [9.17, 15) is 0 Å². The minimum atomic E-state index is 0.270. The highest BCUT2D eigenvalue weighted by Gasteiger charge is 2.13. The molecule has 0 saturated carbocycles. The second kappa shape index (κ2) is 5.52. The molecular formula is C16H26. The summed E-state index contributed by atoms with van der Waals surface area (Å²) in [7, 11) is 0. The van der Waals surface area contributed by atoms with E-state index < -0.39 is 0 Å². The van der Waals surface area contributed by atoms with E-state index in [1.165, 1.54) is 30.4 Å². The molecule has 1 atom stereocenters. The maximum Gasteiger partial charge on any atom is -0.0132 e. The zero-order valence-electron chi connectivity index (χ0n) is 11.5. The largest absolute Gasteiger partial charge is 0.0651 e. The van der Waals surface area contributed by atoms with Crippen LogP contribution in [-0.2, 0) is 11.8 Å². The van der Waals surface area contributed by atoms with Gasteiger partial charge >= 0.3 is 0 Å². The van der Waals surface area contributed by atoms with Crippen LogP contribution in [0.4, 0.5) is 0 Å². The van der Waals surface area contributed by atoms with Gasteiger partial charge in [-0.05, 0) is 35.3 Å². The molecular weight excluding hydrogens is 192 g/mol. The van der Waals surface area contributed by atoms with Crippen molar-refractivity contribution in [3.05, 3.63) is 35.4 Å². The predicted octanol–water partition coefficient (Wildman–Crippen LogP) is 4.96. The van der Waals surface area contributed by atoms with Crippen molar-refractivity contribution in [3.8, 4) is 0 Å². The lowest BCUT2D eigenvalue weighted by Crippen LogP contribution is -2.11. The molecule has 0 heterocycles. The van der Waals surface area contributed by atoms with Crippen LogP contribution in [0.15, 0.2) is 24.3 Å². The van der Waals surface area contributed by atoms with Crippen LogP contribution in [0, 0.1) is 5.92 Å². The highest BCUT2D eigenvalue weighted by atomic mass is 14.2. The van der Waals surface area contributed by atoms with Crippen molar-refractivity contribution < 1.29 is 0 Å².